The maximum Gasteiger partial charge on any atom is 0.235 e. The van der Waals surface area contributed by atoms with Crippen LogP contribution in [0.4, 0.5) is 8.78 Å². The highest BCUT2D eigenvalue weighted by Gasteiger charge is 2.51. The molecule has 0 N–H and O–H groups in total. The van der Waals surface area contributed by atoms with Crippen molar-refractivity contribution < 1.29 is 25.6 Å². The van der Waals surface area contributed by atoms with Crippen molar-refractivity contribution in [1.29, 1.82) is 0 Å². The molecule has 1 aliphatic rings. The Labute approximate surface area is 184 Å². The fourth-order valence-corrected chi connectivity index (χ4v) is 7.63. The predicted octanol–water partition coefficient (Wildman–Crippen LogP) is 5.43. The summed E-state index contributed by atoms with van der Waals surface area (Å²) in [6.07, 6.45) is 0.214. The van der Waals surface area contributed by atoms with Crippen LogP contribution in [0, 0.1) is 17.6 Å². The van der Waals surface area contributed by atoms with Gasteiger partial charge in [-0.2, -0.15) is 0 Å². The minimum absolute atomic E-state index is 0.0629. The van der Waals surface area contributed by atoms with E-state index in [1.807, 2.05) is 0 Å². The van der Waals surface area contributed by atoms with Gasteiger partial charge in [0.1, 0.15) is 16.4 Å². The minimum atomic E-state index is -4.17. The van der Waals surface area contributed by atoms with Crippen LogP contribution >= 0.6 is 22.3 Å². The molecular formula is C20H20Cl2F2O4S2. The smallest absolute Gasteiger partial charge is 0.223 e. The Kier molecular flexibility index (Phi) is 6.54. The highest BCUT2D eigenvalue weighted by molar-refractivity contribution is 8.14. The molecule has 1 aliphatic carbocycles. The average Bonchev–Trinajstić information content (AvgIpc) is 2.69. The lowest BCUT2D eigenvalue weighted by Gasteiger charge is -2.41. The highest BCUT2D eigenvalue weighted by Crippen LogP contribution is 2.50. The molecule has 0 radical (unpaired) electrons. The van der Waals surface area contributed by atoms with Crippen LogP contribution in [0.25, 0.3) is 0 Å². The molecule has 30 heavy (non-hydrogen) atoms. The maximum absolute atomic E-state index is 14.8. The standard InChI is InChI=1S/C20H20Cl2F2O4S2/c1-13(30(22,27)28)14-8-10-20(11-9-14,18-12-16(23)4-7-19(18)24)29(25,26)17-5-2-15(21)3-6-17/h2-7,12-14H,8-11H2,1H3. The second kappa shape index (κ2) is 8.37. The normalized spacial score (nSPS) is 23.8. The van der Waals surface area contributed by atoms with Gasteiger partial charge in [-0.15, -0.1) is 0 Å². The minimum Gasteiger partial charge on any atom is -0.223 e. The molecular weight excluding hydrogens is 477 g/mol. The molecule has 1 saturated carbocycles. The van der Waals surface area contributed by atoms with Gasteiger partial charge in [0, 0.05) is 21.3 Å². The molecule has 10 heteroatoms. The summed E-state index contributed by atoms with van der Waals surface area (Å²) >= 11 is 5.87. The van der Waals surface area contributed by atoms with E-state index in [0.717, 1.165) is 18.2 Å². The Morgan fingerprint density at radius 3 is 2.10 bits per heavy atom. The number of hydrogen-bond acceptors (Lipinski definition) is 4. The van der Waals surface area contributed by atoms with Crippen molar-refractivity contribution in [1.82, 2.24) is 0 Å². The van der Waals surface area contributed by atoms with Gasteiger partial charge >= 0.3 is 0 Å². The second-order valence-corrected chi connectivity index (χ2v) is 13.3. The lowest BCUT2D eigenvalue weighted by molar-refractivity contribution is 0.282. The molecule has 0 aromatic heterocycles. The van der Waals surface area contributed by atoms with Crippen molar-refractivity contribution in [3.05, 3.63) is 64.7 Å². The topological polar surface area (TPSA) is 68.3 Å². The van der Waals surface area contributed by atoms with Crippen LogP contribution in [-0.2, 0) is 23.6 Å². The third-order valence-electron chi connectivity index (χ3n) is 6.00. The summed E-state index contributed by atoms with van der Waals surface area (Å²) < 4.78 is 77.9. The third-order valence-corrected chi connectivity index (χ3v) is 10.9. The maximum atomic E-state index is 14.8. The van der Waals surface area contributed by atoms with Crippen LogP contribution in [0.1, 0.15) is 38.2 Å². The zero-order chi connectivity index (χ0) is 22.3. The Morgan fingerprint density at radius 2 is 1.57 bits per heavy atom. The molecule has 1 atom stereocenters. The van der Waals surface area contributed by atoms with Crippen molar-refractivity contribution in [2.75, 3.05) is 0 Å². The van der Waals surface area contributed by atoms with E-state index in [9.17, 15) is 25.6 Å². The van der Waals surface area contributed by atoms with E-state index in [4.69, 9.17) is 22.3 Å². The van der Waals surface area contributed by atoms with Crippen LogP contribution in [0.3, 0.4) is 0 Å². The monoisotopic (exact) mass is 496 g/mol. The molecule has 4 nitrogen and oxygen atoms in total. The molecule has 2 aromatic rings. The zero-order valence-electron chi connectivity index (χ0n) is 16.0. The first-order valence-electron chi connectivity index (χ1n) is 9.28. The number of hydrogen-bond donors (Lipinski definition) is 0. The van der Waals surface area contributed by atoms with E-state index in [2.05, 4.69) is 0 Å². The van der Waals surface area contributed by atoms with Crippen molar-refractivity contribution in [3.63, 3.8) is 0 Å². The molecule has 0 heterocycles. The van der Waals surface area contributed by atoms with E-state index in [1.54, 1.807) is 0 Å². The van der Waals surface area contributed by atoms with Gasteiger partial charge in [0.05, 0.1) is 10.1 Å². The highest BCUT2D eigenvalue weighted by atomic mass is 35.7. The van der Waals surface area contributed by atoms with Crippen LogP contribution in [-0.4, -0.2) is 22.1 Å². The molecule has 0 saturated heterocycles. The summed E-state index contributed by atoms with van der Waals surface area (Å²) in [7, 11) is -2.52. The van der Waals surface area contributed by atoms with Crippen LogP contribution in [0.5, 0.6) is 0 Å². The van der Waals surface area contributed by atoms with E-state index in [0.29, 0.717) is 5.02 Å². The first kappa shape index (κ1) is 23.4. The molecule has 0 bridgehead atoms. The molecule has 1 unspecified atom stereocenters. The lowest BCUT2D eigenvalue weighted by Crippen LogP contribution is -2.42. The lowest BCUT2D eigenvalue weighted by atomic mass is 9.76. The SMILES string of the molecule is CC(C1CCC(c2cc(F)ccc2F)(S(=O)(=O)c2ccc(Cl)cc2)CC1)S(=O)(=O)Cl. The first-order chi connectivity index (χ1) is 13.9. The molecule has 0 amide bonds. The Bertz CT molecular complexity index is 1140. The van der Waals surface area contributed by atoms with Gasteiger partial charge in [-0.3, -0.25) is 0 Å². The number of halogens is 4. The van der Waals surface area contributed by atoms with Gasteiger partial charge in [-0.1, -0.05) is 11.6 Å². The summed E-state index contributed by atoms with van der Waals surface area (Å²) in [5.74, 6) is -1.97. The first-order valence-corrected chi connectivity index (χ1v) is 13.5. The molecule has 0 aliphatic heterocycles. The number of benzene rings is 2. The molecule has 2 aromatic carbocycles. The van der Waals surface area contributed by atoms with E-state index in [1.165, 1.54) is 31.2 Å². The molecule has 164 valence electrons. The summed E-state index contributed by atoms with van der Waals surface area (Å²) in [5, 5.41) is -0.544. The van der Waals surface area contributed by atoms with Gasteiger partial charge in [0.15, 0.2) is 9.84 Å². The number of rotatable bonds is 5. The van der Waals surface area contributed by atoms with Gasteiger partial charge in [0.25, 0.3) is 0 Å². The Balaban J connectivity index is 2.12. The third kappa shape index (κ3) is 4.24. The van der Waals surface area contributed by atoms with Crippen molar-refractivity contribution in [2.24, 2.45) is 5.92 Å². The van der Waals surface area contributed by atoms with Crippen molar-refractivity contribution >= 4 is 41.2 Å². The quantitative estimate of drug-likeness (QED) is 0.517. The van der Waals surface area contributed by atoms with Crippen molar-refractivity contribution in [3.8, 4) is 0 Å². The largest absolute Gasteiger partial charge is 0.235 e. The summed E-state index contributed by atoms with van der Waals surface area (Å²) in [6.45, 7) is 1.47. The van der Waals surface area contributed by atoms with Crippen LogP contribution in [0.2, 0.25) is 5.02 Å². The van der Waals surface area contributed by atoms with Gasteiger partial charge in [-0.05, 0) is 81.0 Å². The molecule has 0 spiro atoms. The molecule has 3 rings (SSSR count). The van der Waals surface area contributed by atoms with Crippen LogP contribution in [0.15, 0.2) is 47.4 Å². The average molecular weight is 497 g/mol. The Morgan fingerprint density at radius 1 is 1.00 bits per heavy atom. The second-order valence-electron chi connectivity index (χ2n) is 7.59. The summed E-state index contributed by atoms with van der Waals surface area (Å²) in [4.78, 5) is -0.0629. The molecule has 1 fully saturated rings. The van der Waals surface area contributed by atoms with Gasteiger partial charge in [0.2, 0.25) is 9.05 Å². The summed E-state index contributed by atoms with van der Waals surface area (Å²) in [6, 6.07) is 8.22. The van der Waals surface area contributed by atoms with Crippen LogP contribution < -0.4 is 0 Å². The fourth-order valence-electron chi connectivity index (χ4n) is 4.17. The van der Waals surface area contributed by atoms with Crippen molar-refractivity contribution in [2.45, 2.75) is 47.5 Å². The summed E-state index contributed by atoms with van der Waals surface area (Å²) in [5.41, 5.74) is -0.253. The predicted molar refractivity (Wildman–Crippen MR) is 113 cm³/mol. The zero-order valence-corrected chi connectivity index (χ0v) is 19.1. The number of sulfone groups is 1. The fraction of sp³-hybridized carbons (Fsp3) is 0.400. The Hall–Kier alpha value is -1.22. The van der Waals surface area contributed by atoms with E-state index in [-0.39, 0.29) is 36.1 Å². The van der Waals surface area contributed by atoms with E-state index >= 15 is 0 Å². The van der Waals surface area contributed by atoms with E-state index < -0.39 is 46.4 Å². The van der Waals surface area contributed by atoms with Gasteiger partial charge < -0.3 is 0 Å². The van der Waals surface area contributed by atoms with Gasteiger partial charge in [-0.25, -0.2) is 25.6 Å².